The van der Waals surface area contributed by atoms with Gasteiger partial charge in [0.1, 0.15) is 0 Å². The molecule has 140 valence electrons. The second kappa shape index (κ2) is 7.14. The van der Waals surface area contributed by atoms with Gasteiger partial charge in [0.25, 0.3) is 5.91 Å². The quantitative estimate of drug-likeness (QED) is 0.683. The summed E-state index contributed by atoms with van der Waals surface area (Å²) in [6.07, 6.45) is 7.21. The molecule has 1 aliphatic heterocycles. The van der Waals surface area contributed by atoms with Crippen LogP contribution in [0, 0.1) is 6.92 Å². The molecule has 27 heavy (non-hydrogen) atoms. The second-order valence-corrected chi connectivity index (χ2v) is 7.73. The Kier molecular flexibility index (Phi) is 4.68. The fraction of sp³-hybridized carbons (Fsp3) is 0.409. The van der Waals surface area contributed by atoms with Crippen LogP contribution in [0.2, 0.25) is 0 Å². The Bertz CT molecular complexity index is 983. The lowest BCUT2D eigenvalue weighted by atomic mass is 10.0. The van der Waals surface area contributed by atoms with Gasteiger partial charge >= 0.3 is 0 Å². The van der Waals surface area contributed by atoms with E-state index >= 15 is 0 Å². The van der Waals surface area contributed by atoms with E-state index in [1.54, 1.807) is 0 Å². The van der Waals surface area contributed by atoms with Crippen LogP contribution in [0.4, 0.5) is 0 Å². The fourth-order valence-corrected chi connectivity index (χ4v) is 3.68. The highest BCUT2D eigenvalue weighted by molar-refractivity contribution is 6.07. The Morgan fingerprint density at radius 2 is 1.89 bits per heavy atom. The van der Waals surface area contributed by atoms with Crippen molar-refractivity contribution in [3.63, 3.8) is 0 Å². The number of carbonyl (C=O) groups is 1. The van der Waals surface area contributed by atoms with Gasteiger partial charge in [-0.15, -0.1) is 0 Å². The van der Waals surface area contributed by atoms with Crippen LogP contribution in [0.1, 0.15) is 55.1 Å². The molecule has 0 unspecified atom stereocenters. The second-order valence-electron chi connectivity index (χ2n) is 7.73. The molecule has 0 spiro atoms. The predicted octanol–water partition coefficient (Wildman–Crippen LogP) is 4.61. The largest absolute Gasteiger partial charge is 0.339 e. The molecule has 0 aliphatic carbocycles. The summed E-state index contributed by atoms with van der Waals surface area (Å²) in [7, 11) is 0. The maximum atomic E-state index is 13.3. The number of hydrogen-bond donors (Lipinski definition) is 0. The van der Waals surface area contributed by atoms with Crippen molar-refractivity contribution in [2.24, 2.45) is 0 Å². The standard InChI is InChI=1S/C22H26N4O/c1-15(2)26-14-17(13-23-26)20-12-19(22(27)25-9-5-4-6-10-25)18-8-7-16(3)11-21(18)24-20/h7-8,11-15H,4-6,9-10H2,1-3H3. The van der Waals surface area contributed by atoms with Gasteiger partial charge in [-0.1, -0.05) is 12.1 Å². The van der Waals surface area contributed by atoms with E-state index in [0.717, 1.165) is 59.2 Å². The zero-order chi connectivity index (χ0) is 19.0. The van der Waals surface area contributed by atoms with Crippen molar-refractivity contribution < 1.29 is 4.79 Å². The minimum Gasteiger partial charge on any atom is -0.339 e. The molecule has 3 aromatic rings. The van der Waals surface area contributed by atoms with Crippen LogP contribution in [0.3, 0.4) is 0 Å². The molecule has 1 aromatic carbocycles. The van der Waals surface area contributed by atoms with Crippen LogP contribution >= 0.6 is 0 Å². The molecule has 0 N–H and O–H groups in total. The van der Waals surface area contributed by atoms with Gasteiger partial charge in [0, 0.05) is 36.3 Å². The molecule has 0 bridgehead atoms. The number of piperidine rings is 1. The van der Waals surface area contributed by atoms with Crippen LogP contribution in [0.25, 0.3) is 22.2 Å². The Labute approximate surface area is 160 Å². The van der Waals surface area contributed by atoms with Gasteiger partial charge in [-0.3, -0.25) is 9.48 Å². The summed E-state index contributed by atoms with van der Waals surface area (Å²) in [4.78, 5) is 20.1. The van der Waals surface area contributed by atoms with Crippen LogP contribution < -0.4 is 0 Å². The van der Waals surface area contributed by atoms with E-state index in [1.165, 1.54) is 6.42 Å². The Hall–Kier alpha value is -2.69. The van der Waals surface area contributed by atoms with Gasteiger partial charge in [0.2, 0.25) is 0 Å². The van der Waals surface area contributed by atoms with Gasteiger partial charge in [0.15, 0.2) is 0 Å². The predicted molar refractivity (Wildman–Crippen MR) is 108 cm³/mol. The van der Waals surface area contributed by atoms with Crippen molar-refractivity contribution in [1.29, 1.82) is 0 Å². The summed E-state index contributed by atoms with van der Waals surface area (Å²) in [6.45, 7) is 7.93. The van der Waals surface area contributed by atoms with E-state index in [-0.39, 0.29) is 11.9 Å². The van der Waals surface area contributed by atoms with Gasteiger partial charge in [0.05, 0.1) is 23.0 Å². The zero-order valence-electron chi connectivity index (χ0n) is 16.3. The number of amides is 1. The van der Waals surface area contributed by atoms with Crippen molar-refractivity contribution in [1.82, 2.24) is 19.7 Å². The van der Waals surface area contributed by atoms with E-state index in [9.17, 15) is 4.79 Å². The van der Waals surface area contributed by atoms with Crippen LogP contribution in [0.5, 0.6) is 0 Å². The van der Waals surface area contributed by atoms with Gasteiger partial charge in [-0.25, -0.2) is 4.98 Å². The summed E-state index contributed by atoms with van der Waals surface area (Å²) in [5, 5.41) is 5.36. The number of nitrogens with zero attached hydrogens (tertiary/aromatic N) is 4. The van der Waals surface area contributed by atoms with Crippen LogP contribution in [-0.2, 0) is 0 Å². The third kappa shape index (κ3) is 3.46. The zero-order valence-corrected chi connectivity index (χ0v) is 16.3. The molecule has 1 saturated heterocycles. The first kappa shape index (κ1) is 17.7. The van der Waals surface area contributed by atoms with E-state index < -0.39 is 0 Å². The molecule has 4 rings (SSSR count). The van der Waals surface area contributed by atoms with Crippen molar-refractivity contribution in [3.05, 3.63) is 47.8 Å². The number of aromatic nitrogens is 3. The third-order valence-electron chi connectivity index (χ3n) is 5.27. The molecule has 0 radical (unpaired) electrons. The lowest BCUT2D eigenvalue weighted by Crippen LogP contribution is -2.35. The van der Waals surface area contributed by atoms with Crippen LogP contribution in [0.15, 0.2) is 36.7 Å². The molecule has 5 nitrogen and oxygen atoms in total. The number of carbonyl (C=O) groups excluding carboxylic acids is 1. The molecule has 1 fully saturated rings. The minimum atomic E-state index is 0.114. The van der Waals surface area contributed by atoms with E-state index in [4.69, 9.17) is 4.98 Å². The number of pyridine rings is 1. The topological polar surface area (TPSA) is 51.0 Å². The van der Waals surface area contributed by atoms with Gasteiger partial charge < -0.3 is 4.90 Å². The molecular weight excluding hydrogens is 336 g/mol. The SMILES string of the molecule is Cc1ccc2c(C(=O)N3CCCCC3)cc(-c3cnn(C(C)C)c3)nc2c1. The summed E-state index contributed by atoms with van der Waals surface area (Å²) >= 11 is 0. The Balaban J connectivity index is 1.84. The first-order valence-electron chi connectivity index (χ1n) is 9.78. The monoisotopic (exact) mass is 362 g/mol. The summed E-state index contributed by atoms with van der Waals surface area (Å²) in [6, 6.07) is 8.36. The first-order chi connectivity index (χ1) is 13.0. The maximum Gasteiger partial charge on any atom is 0.254 e. The number of rotatable bonds is 3. The smallest absolute Gasteiger partial charge is 0.254 e. The van der Waals surface area contributed by atoms with Crippen molar-refractivity contribution in [3.8, 4) is 11.3 Å². The Morgan fingerprint density at radius 3 is 2.59 bits per heavy atom. The Morgan fingerprint density at radius 1 is 1.11 bits per heavy atom. The van der Waals surface area contributed by atoms with Gasteiger partial charge in [-0.2, -0.15) is 5.10 Å². The summed E-state index contributed by atoms with van der Waals surface area (Å²) < 4.78 is 1.92. The minimum absolute atomic E-state index is 0.114. The molecule has 1 amide bonds. The van der Waals surface area contributed by atoms with Gasteiger partial charge in [-0.05, 0) is 57.7 Å². The number of aryl methyl sites for hydroxylation is 1. The highest BCUT2D eigenvalue weighted by Crippen LogP contribution is 2.27. The van der Waals surface area contributed by atoms with Crippen LogP contribution in [-0.4, -0.2) is 38.7 Å². The van der Waals surface area contributed by atoms with Crippen molar-refractivity contribution in [2.45, 2.75) is 46.1 Å². The number of fused-ring (bicyclic) bond motifs is 1. The number of likely N-dealkylation sites (tertiary alicyclic amines) is 1. The number of benzene rings is 1. The molecule has 0 saturated carbocycles. The highest BCUT2D eigenvalue weighted by Gasteiger charge is 2.22. The molecule has 0 atom stereocenters. The van der Waals surface area contributed by atoms with E-state index in [0.29, 0.717) is 0 Å². The van der Waals surface area contributed by atoms with E-state index in [1.807, 2.05) is 40.2 Å². The first-order valence-corrected chi connectivity index (χ1v) is 9.78. The third-order valence-corrected chi connectivity index (χ3v) is 5.27. The van der Waals surface area contributed by atoms with Crippen molar-refractivity contribution in [2.75, 3.05) is 13.1 Å². The molecule has 2 aromatic heterocycles. The lowest BCUT2D eigenvalue weighted by Gasteiger charge is -2.27. The summed E-state index contributed by atoms with van der Waals surface area (Å²) in [5.41, 5.74) is 4.50. The molecular formula is C22H26N4O. The highest BCUT2D eigenvalue weighted by atomic mass is 16.2. The maximum absolute atomic E-state index is 13.3. The summed E-state index contributed by atoms with van der Waals surface area (Å²) in [5.74, 6) is 0.114. The average Bonchev–Trinajstić information content (AvgIpc) is 3.17. The average molecular weight is 362 g/mol. The van der Waals surface area contributed by atoms with E-state index in [2.05, 4.69) is 31.9 Å². The van der Waals surface area contributed by atoms with Crippen molar-refractivity contribution >= 4 is 16.8 Å². The number of hydrogen-bond acceptors (Lipinski definition) is 3. The lowest BCUT2D eigenvalue weighted by molar-refractivity contribution is 0.0726. The molecule has 3 heterocycles. The normalized spacial score (nSPS) is 14.9. The fourth-order valence-electron chi connectivity index (χ4n) is 3.68. The molecule has 5 heteroatoms. The molecule has 1 aliphatic rings.